The van der Waals surface area contributed by atoms with Crippen molar-refractivity contribution in [3.05, 3.63) is 99.0 Å². The predicted molar refractivity (Wildman–Crippen MR) is 141 cm³/mol. The predicted octanol–water partition coefficient (Wildman–Crippen LogP) is 6.30. The van der Waals surface area contributed by atoms with Gasteiger partial charge in [-0.3, -0.25) is 0 Å². The van der Waals surface area contributed by atoms with Gasteiger partial charge in [0.05, 0.1) is 17.4 Å². The van der Waals surface area contributed by atoms with Gasteiger partial charge < -0.3 is 10.3 Å². The van der Waals surface area contributed by atoms with Crippen molar-refractivity contribution >= 4 is 48.6 Å². The molecule has 0 aliphatic carbocycles. The lowest BCUT2D eigenvalue weighted by atomic mass is 10.1. The van der Waals surface area contributed by atoms with E-state index in [4.69, 9.17) is 0 Å². The van der Waals surface area contributed by atoms with Gasteiger partial charge in [-0.2, -0.15) is 0 Å². The minimum Gasteiger partial charge on any atom is -0.371 e. The summed E-state index contributed by atoms with van der Waals surface area (Å²) in [5.41, 5.74) is 5.24. The second-order valence-corrected chi connectivity index (χ2v) is 9.95. The van der Waals surface area contributed by atoms with E-state index >= 15 is 0 Å². The number of rotatable bonds is 9. The Morgan fingerprint density at radius 2 is 1.76 bits per heavy atom. The van der Waals surface area contributed by atoms with Crippen LogP contribution in [0.2, 0.25) is 0 Å². The van der Waals surface area contributed by atoms with Gasteiger partial charge in [-0.1, -0.05) is 62.2 Å². The second kappa shape index (κ2) is 10.5. The highest BCUT2D eigenvalue weighted by Gasteiger charge is 2.22. The number of anilines is 1. The maximum atomic E-state index is 4.42. The van der Waals surface area contributed by atoms with Crippen LogP contribution in [0.1, 0.15) is 35.8 Å². The fraction of sp³-hybridized carbons (Fsp3) is 0.200. The van der Waals surface area contributed by atoms with Crippen molar-refractivity contribution in [2.45, 2.75) is 31.8 Å². The first kappa shape index (κ1) is 22.7. The minimum absolute atomic E-state index is 0.241. The van der Waals surface area contributed by atoms with Gasteiger partial charge >= 0.3 is 0 Å². The third-order valence-electron chi connectivity index (χ3n) is 5.70. The molecular weight excluding hydrogens is 558 g/mol. The Morgan fingerprint density at radius 1 is 0.941 bits per heavy atom. The molecule has 5 aromatic rings. The van der Waals surface area contributed by atoms with E-state index < -0.39 is 0 Å². The van der Waals surface area contributed by atoms with Gasteiger partial charge in [0.1, 0.15) is 6.04 Å². The SMILES string of the molecule is Brc1cc(Br)cc(C(Nc2ccc3[nH]cnc3c2)c2nnnn2CCCCc2ccccc2)c1. The molecule has 0 spiro atoms. The van der Waals surface area contributed by atoms with Crippen LogP contribution in [0, 0.1) is 0 Å². The summed E-state index contributed by atoms with van der Waals surface area (Å²) in [4.78, 5) is 7.52. The molecule has 2 aromatic heterocycles. The molecule has 2 heterocycles. The molecule has 3 aromatic carbocycles. The number of aromatic amines is 1. The monoisotopic (exact) mass is 579 g/mol. The summed E-state index contributed by atoms with van der Waals surface area (Å²) in [5.74, 6) is 0.770. The number of halogens is 2. The molecule has 9 heteroatoms. The summed E-state index contributed by atoms with van der Waals surface area (Å²) in [6.07, 6.45) is 4.80. The Morgan fingerprint density at radius 3 is 2.59 bits per heavy atom. The molecular formula is C25H23Br2N7. The zero-order valence-corrected chi connectivity index (χ0v) is 21.5. The highest BCUT2D eigenvalue weighted by Crippen LogP contribution is 2.31. The smallest absolute Gasteiger partial charge is 0.178 e. The van der Waals surface area contributed by atoms with Gasteiger partial charge in [-0.15, -0.1) is 5.10 Å². The molecule has 0 saturated heterocycles. The summed E-state index contributed by atoms with van der Waals surface area (Å²) in [7, 11) is 0. The zero-order chi connectivity index (χ0) is 23.3. The third-order valence-corrected chi connectivity index (χ3v) is 6.61. The first-order chi connectivity index (χ1) is 16.7. The number of benzene rings is 3. The van der Waals surface area contributed by atoms with Gasteiger partial charge in [0, 0.05) is 21.2 Å². The third kappa shape index (κ3) is 5.37. The Balaban J connectivity index is 1.39. The van der Waals surface area contributed by atoms with E-state index in [1.807, 2.05) is 35.0 Å². The normalized spacial score (nSPS) is 12.2. The largest absolute Gasteiger partial charge is 0.371 e. The Kier molecular flexibility index (Phi) is 7.01. The van der Waals surface area contributed by atoms with Crippen LogP contribution in [0.4, 0.5) is 5.69 Å². The molecule has 0 saturated carbocycles. The maximum absolute atomic E-state index is 4.42. The van der Waals surface area contributed by atoms with E-state index in [1.54, 1.807) is 6.33 Å². The topological polar surface area (TPSA) is 84.3 Å². The summed E-state index contributed by atoms with van der Waals surface area (Å²) < 4.78 is 3.87. The molecule has 0 radical (unpaired) electrons. The molecule has 7 nitrogen and oxygen atoms in total. The molecule has 2 N–H and O–H groups in total. The number of aryl methyl sites for hydroxylation is 2. The van der Waals surface area contributed by atoms with E-state index in [2.05, 4.69) is 99.1 Å². The molecule has 34 heavy (non-hydrogen) atoms. The molecule has 0 fully saturated rings. The van der Waals surface area contributed by atoms with E-state index in [9.17, 15) is 0 Å². The molecule has 0 amide bonds. The first-order valence-electron chi connectivity index (χ1n) is 11.1. The Bertz CT molecular complexity index is 1360. The van der Waals surface area contributed by atoms with Crippen molar-refractivity contribution in [1.29, 1.82) is 0 Å². The van der Waals surface area contributed by atoms with Crippen molar-refractivity contribution in [3.63, 3.8) is 0 Å². The fourth-order valence-corrected chi connectivity index (χ4v) is 5.37. The Labute approximate surface area is 214 Å². The van der Waals surface area contributed by atoms with Crippen LogP contribution in [-0.4, -0.2) is 30.2 Å². The molecule has 0 bridgehead atoms. The van der Waals surface area contributed by atoms with E-state index in [0.717, 1.165) is 62.9 Å². The maximum Gasteiger partial charge on any atom is 0.178 e. The van der Waals surface area contributed by atoms with Crippen molar-refractivity contribution < 1.29 is 0 Å². The van der Waals surface area contributed by atoms with Crippen LogP contribution in [0.25, 0.3) is 11.0 Å². The van der Waals surface area contributed by atoms with Gasteiger partial charge in [0.15, 0.2) is 5.82 Å². The van der Waals surface area contributed by atoms with Crippen LogP contribution < -0.4 is 5.32 Å². The minimum atomic E-state index is -0.241. The standard InChI is InChI=1S/C25H23Br2N7/c26-19-12-18(13-20(27)14-19)24(30-21-9-10-22-23(15-21)29-16-28-22)25-31-32-33-34(25)11-5-4-8-17-6-2-1-3-7-17/h1-3,6-7,9-10,12-16,24,30H,4-5,8,11H2,(H,28,29). The summed E-state index contributed by atoms with van der Waals surface area (Å²) >= 11 is 7.24. The average molecular weight is 581 g/mol. The van der Waals surface area contributed by atoms with Gasteiger partial charge in [-0.05, 0) is 77.2 Å². The van der Waals surface area contributed by atoms with E-state index in [-0.39, 0.29) is 6.04 Å². The van der Waals surface area contributed by atoms with Crippen molar-refractivity contribution in [2.24, 2.45) is 0 Å². The lowest BCUT2D eigenvalue weighted by Gasteiger charge is -2.20. The van der Waals surface area contributed by atoms with E-state index in [1.165, 1.54) is 5.56 Å². The number of H-pyrrole nitrogens is 1. The molecule has 5 rings (SSSR count). The number of fused-ring (bicyclic) bond motifs is 1. The van der Waals surface area contributed by atoms with Crippen LogP contribution in [-0.2, 0) is 13.0 Å². The summed E-state index contributed by atoms with van der Waals surface area (Å²) in [5, 5.41) is 16.4. The van der Waals surface area contributed by atoms with Crippen LogP contribution >= 0.6 is 31.9 Å². The number of hydrogen-bond donors (Lipinski definition) is 2. The quantitative estimate of drug-likeness (QED) is 0.200. The number of aromatic nitrogens is 6. The number of hydrogen-bond acceptors (Lipinski definition) is 5. The number of nitrogens with one attached hydrogen (secondary N) is 2. The van der Waals surface area contributed by atoms with E-state index in [0.29, 0.717) is 0 Å². The van der Waals surface area contributed by atoms with Gasteiger partial charge in [0.25, 0.3) is 0 Å². The number of tetrazole rings is 1. The lowest BCUT2D eigenvalue weighted by molar-refractivity contribution is 0.517. The van der Waals surface area contributed by atoms with Gasteiger partial charge in [-0.25, -0.2) is 9.67 Å². The summed E-state index contributed by atoms with van der Waals surface area (Å²) in [6.45, 7) is 0.751. The molecule has 172 valence electrons. The molecule has 0 aliphatic heterocycles. The summed E-state index contributed by atoms with van der Waals surface area (Å²) in [6, 6.07) is 22.6. The lowest BCUT2D eigenvalue weighted by Crippen LogP contribution is -2.19. The molecule has 1 atom stereocenters. The Hall–Kier alpha value is -3.04. The first-order valence-corrected chi connectivity index (χ1v) is 12.7. The fourth-order valence-electron chi connectivity index (χ4n) is 4.04. The highest BCUT2D eigenvalue weighted by atomic mass is 79.9. The average Bonchev–Trinajstić information content (AvgIpc) is 3.49. The number of imidazole rings is 1. The van der Waals surface area contributed by atoms with Crippen molar-refractivity contribution in [1.82, 2.24) is 30.2 Å². The zero-order valence-electron chi connectivity index (χ0n) is 18.3. The van der Waals surface area contributed by atoms with Crippen LogP contribution in [0.15, 0.2) is 82.0 Å². The van der Waals surface area contributed by atoms with Gasteiger partial charge in [0.2, 0.25) is 0 Å². The number of unbranched alkanes of at least 4 members (excludes halogenated alkanes) is 1. The second-order valence-electron chi connectivity index (χ2n) is 8.12. The van der Waals surface area contributed by atoms with Crippen molar-refractivity contribution in [2.75, 3.05) is 5.32 Å². The van der Waals surface area contributed by atoms with Crippen LogP contribution in [0.3, 0.4) is 0 Å². The van der Waals surface area contributed by atoms with Crippen LogP contribution in [0.5, 0.6) is 0 Å². The molecule has 0 aliphatic rings. The number of nitrogens with zero attached hydrogens (tertiary/aromatic N) is 5. The van der Waals surface area contributed by atoms with Crippen molar-refractivity contribution in [3.8, 4) is 0 Å². The molecule has 1 unspecified atom stereocenters. The highest BCUT2D eigenvalue weighted by molar-refractivity contribution is 9.11.